The van der Waals surface area contributed by atoms with Crippen LogP contribution in [0, 0.1) is 13.8 Å². The number of hydrogen-bond acceptors (Lipinski definition) is 2. The number of rotatable bonds is 4. The van der Waals surface area contributed by atoms with E-state index in [9.17, 15) is 4.79 Å². The summed E-state index contributed by atoms with van der Waals surface area (Å²) in [5, 5.41) is 3.38. The lowest BCUT2D eigenvalue weighted by molar-refractivity contribution is -0.121. The number of nitrogens with one attached hydrogen (secondary N) is 1. The predicted octanol–water partition coefficient (Wildman–Crippen LogP) is 3.19. The van der Waals surface area contributed by atoms with Crippen LogP contribution in [-0.4, -0.2) is 25.0 Å². The van der Waals surface area contributed by atoms with Gasteiger partial charge in [-0.25, -0.2) is 0 Å². The summed E-state index contributed by atoms with van der Waals surface area (Å²) in [6, 6.07) is 6.23. The van der Waals surface area contributed by atoms with Gasteiger partial charge in [-0.05, 0) is 50.8 Å². The van der Waals surface area contributed by atoms with Crippen LogP contribution in [0.15, 0.2) is 18.2 Å². The number of anilines is 1. The van der Waals surface area contributed by atoms with Gasteiger partial charge in [-0.3, -0.25) is 4.79 Å². The standard InChI is InChI=1S/C17H26N2O/c1-4-12-19(16-13(2)8-7-9-14(16)3)17(20)15-10-5-6-11-18-15/h7-9,15,18H,4-6,10-12H2,1-3H3/t15-/m0/s1. The summed E-state index contributed by atoms with van der Waals surface area (Å²) in [5.41, 5.74) is 3.47. The number of hydrogen-bond donors (Lipinski definition) is 1. The van der Waals surface area contributed by atoms with E-state index in [1.165, 1.54) is 17.5 Å². The van der Waals surface area contributed by atoms with Crippen LogP contribution in [0.1, 0.15) is 43.7 Å². The third-order valence-electron chi connectivity index (χ3n) is 4.03. The van der Waals surface area contributed by atoms with Gasteiger partial charge in [-0.2, -0.15) is 0 Å². The van der Waals surface area contributed by atoms with Gasteiger partial charge >= 0.3 is 0 Å². The van der Waals surface area contributed by atoms with Crippen molar-refractivity contribution in [2.75, 3.05) is 18.0 Å². The van der Waals surface area contributed by atoms with Gasteiger partial charge in [0.1, 0.15) is 0 Å². The second kappa shape index (κ2) is 6.89. The van der Waals surface area contributed by atoms with E-state index >= 15 is 0 Å². The number of aryl methyl sites for hydroxylation is 2. The largest absolute Gasteiger partial charge is 0.311 e. The predicted molar refractivity (Wildman–Crippen MR) is 84.2 cm³/mol. The molecule has 0 bridgehead atoms. The van der Waals surface area contributed by atoms with Crippen molar-refractivity contribution in [1.29, 1.82) is 0 Å². The molecule has 1 aromatic rings. The molecule has 1 aliphatic heterocycles. The SMILES string of the molecule is CCCN(C(=O)[C@@H]1CCCCN1)c1c(C)cccc1C. The molecule has 0 spiro atoms. The zero-order chi connectivity index (χ0) is 14.5. The minimum atomic E-state index is -0.00527. The van der Waals surface area contributed by atoms with Crippen LogP contribution in [0.25, 0.3) is 0 Å². The summed E-state index contributed by atoms with van der Waals surface area (Å²) in [4.78, 5) is 14.9. The molecule has 2 rings (SSSR count). The highest BCUT2D eigenvalue weighted by Crippen LogP contribution is 2.26. The molecule has 0 unspecified atom stereocenters. The molecule has 0 radical (unpaired) electrons. The van der Waals surface area contributed by atoms with Crippen LogP contribution in [0.5, 0.6) is 0 Å². The van der Waals surface area contributed by atoms with Crippen molar-refractivity contribution in [2.45, 2.75) is 52.5 Å². The summed E-state index contributed by atoms with van der Waals surface area (Å²) < 4.78 is 0. The summed E-state index contributed by atoms with van der Waals surface area (Å²) in [6.45, 7) is 8.06. The lowest BCUT2D eigenvalue weighted by Crippen LogP contribution is -2.49. The van der Waals surface area contributed by atoms with Gasteiger partial charge in [-0.1, -0.05) is 31.5 Å². The summed E-state index contributed by atoms with van der Waals surface area (Å²) in [6.07, 6.45) is 4.27. The van der Waals surface area contributed by atoms with E-state index in [1.807, 2.05) is 4.90 Å². The topological polar surface area (TPSA) is 32.3 Å². The molecule has 20 heavy (non-hydrogen) atoms. The van der Waals surface area contributed by atoms with Crippen LogP contribution in [-0.2, 0) is 4.79 Å². The van der Waals surface area contributed by atoms with Gasteiger partial charge in [-0.15, -0.1) is 0 Å². The first kappa shape index (κ1) is 15.0. The molecule has 1 aromatic carbocycles. The van der Waals surface area contributed by atoms with Crippen molar-refractivity contribution in [3.63, 3.8) is 0 Å². The Kier molecular flexibility index (Phi) is 5.18. The Bertz CT molecular complexity index is 444. The van der Waals surface area contributed by atoms with Crippen molar-refractivity contribution >= 4 is 11.6 Å². The fourth-order valence-corrected chi connectivity index (χ4v) is 3.04. The zero-order valence-corrected chi connectivity index (χ0v) is 12.9. The molecule has 1 aliphatic rings. The Morgan fingerprint density at radius 3 is 2.55 bits per heavy atom. The molecule has 1 fully saturated rings. The van der Waals surface area contributed by atoms with E-state index in [2.05, 4.69) is 44.3 Å². The Morgan fingerprint density at radius 2 is 2.00 bits per heavy atom. The minimum absolute atomic E-state index is 0.00527. The highest BCUT2D eigenvalue weighted by Gasteiger charge is 2.27. The third-order valence-corrected chi connectivity index (χ3v) is 4.03. The number of nitrogens with zero attached hydrogens (tertiary/aromatic N) is 1. The van der Waals surface area contributed by atoms with Crippen molar-refractivity contribution in [1.82, 2.24) is 5.32 Å². The molecule has 0 aromatic heterocycles. The third kappa shape index (κ3) is 3.21. The van der Waals surface area contributed by atoms with Crippen LogP contribution in [0.2, 0.25) is 0 Å². The quantitative estimate of drug-likeness (QED) is 0.914. The normalized spacial score (nSPS) is 18.9. The van der Waals surface area contributed by atoms with Gasteiger partial charge in [0, 0.05) is 12.2 Å². The molecule has 110 valence electrons. The Balaban J connectivity index is 2.28. The van der Waals surface area contributed by atoms with Crippen molar-refractivity contribution < 1.29 is 4.79 Å². The van der Waals surface area contributed by atoms with Gasteiger partial charge in [0.15, 0.2) is 0 Å². The maximum absolute atomic E-state index is 12.9. The van der Waals surface area contributed by atoms with E-state index in [0.717, 1.165) is 38.0 Å². The first-order valence-electron chi connectivity index (χ1n) is 7.76. The number of benzene rings is 1. The number of piperidine rings is 1. The van der Waals surface area contributed by atoms with Crippen LogP contribution >= 0.6 is 0 Å². The summed E-state index contributed by atoms with van der Waals surface area (Å²) in [5.74, 6) is 0.240. The fourth-order valence-electron chi connectivity index (χ4n) is 3.04. The van der Waals surface area contributed by atoms with Gasteiger partial charge in [0.25, 0.3) is 0 Å². The molecule has 1 saturated heterocycles. The molecule has 1 heterocycles. The lowest BCUT2D eigenvalue weighted by atomic mass is 10.0. The second-order valence-corrected chi connectivity index (χ2v) is 5.73. The average molecular weight is 274 g/mol. The van der Waals surface area contributed by atoms with E-state index < -0.39 is 0 Å². The molecule has 1 N–H and O–H groups in total. The molecule has 1 atom stereocenters. The van der Waals surface area contributed by atoms with Crippen LogP contribution in [0.3, 0.4) is 0 Å². The zero-order valence-electron chi connectivity index (χ0n) is 12.9. The van der Waals surface area contributed by atoms with Crippen LogP contribution < -0.4 is 10.2 Å². The maximum Gasteiger partial charge on any atom is 0.244 e. The maximum atomic E-state index is 12.9. The average Bonchev–Trinajstić information content (AvgIpc) is 2.46. The van der Waals surface area contributed by atoms with Crippen LogP contribution in [0.4, 0.5) is 5.69 Å². The number of carbonyl (C=O) groups is 1. The monoisotopic (exact) mass is 274 g/mol. The van der Waals surface area contributed by atoms with E-state index in [0.29, 0.717) is 0 Å². The Labute approximate surface area is 122 Å². The fraction of sp³-hybridized carbons (Fsp3) is 0.588. The first-order chi connectivity index (χ1) is 9.65. The molecular formula is C17H26N2O. The Morgan fingerprint density at radius 1 is 1.30 bits per heavy atom. The Hall–Kier alpha value is -1.35. The molecule has 3 heteroatoms. The molecule has 0 aliphatic carbocycles. The summed E-state index contributed by atoms with van der Waals surface area (Å²) in [7, 11) is 0. The number of carbonyl (C=O) groups excluding carboxylic acids is 1. The van der Waals surface area contributed by atoms with E-state index in [4.69, 9.17) is 0 Å². The molecule has 0 saturated carbocycles. The van der Waals surface area contributed by atoms with Crippen molar-refractivity contribution in [2.24, 2.45) is 0 Å². The van der Waals surface area contributed by atoms with Crippen molar-refractivity contribution in [3.05, 3.63) is 29.3 Å². The molecule has 3 nitrogen and oxygen atoms in total. The minimum Gasteiger partial charge on any atom is -0.311 e. The smallest absolute Gasteiger partial charge is 0.244 e. The van der Waals surface area contributed by atoms with E-state index in [1.54, 1.807) is 0 Å². The summed E-state index contributed by atoms with van der Waals surface area (Å²) >= 11 is 0. The highest BCUT2D eigenvalue weighted by molar-refractivity contribution is 5.98. The first-order valence-corrected chi connectivity index (χ1v) is 7.76. The lowest BCUT2D eigenvalue weighted by Gasteiger charge is -2.31. The highest BCUT2D eigenvalue weighted by atomic mass is 16.2. The van der Waals surface area contributed by atoms with Gasteiger partial charge in [0.2, 0.25) is 5.91 Å². The van der Waals surface area contributed by atoms with Gasteiger partial charge < -0.3 is 10.2 Å². The second-order valence-electron chi connectivity index (χ2n) is 5.73. The van der Waals surface area contributed by atoms with Gasteiger partial charge in [0.05, 0.1) is 6.04 Å². The number of para-hydroxylation sites is 1. The molecular weight excluding hydrogens is 248 g/mol. The number of amides is 1. The van der Waals surface area contributed by atoms with Crippen molar-refractivity contribution in [3.8, 4) is 0 Å². The molecule has 1 amide bonds. The van der Waals surface area contributed by atoms with E-state index in [-0.39, 0.29) is 11.9 Å².